The Kier molecular flexibility index (Phi) is 18.0. The molecule has 0 fully saturated rings. The first kappa shape index (κ1) is 23.7. The average molecular weight is 355 g/mol. The molecule has 0 aromatic carbocycles. The second-order valence-corrected chi connectivity index (χ2v) is 6.56. The summed E-state index contributed by atoms with van der Waals surface area (Å²) in [6.45, 7) is 5.09. The Hall–Kier alpha value is -1.32. The van der Waals surface area contributed by atoms with Crippen LogP contribution in [0.1, 0.15) is 97.3 Å². The van der Waals surface area contributed by atoms with E-state index in [-0.39, 0.29) is 0 Å². The summed E-state index contributed by atoms with van der Waals surface area (Å²) in [7, 11) is 0. The van der Waals surface area contributed by atoms with E-state index in [1.54, 1.807) is 0 Å². The summed E-state index contributed by atoms with van der Waals surface area (Å²) in [6.07, 6.45) is 18.0. The lowest BCUT2D eigenvalue weighted by Crippen LogP contribution is -2.06. The SMILES string of the molecule is CCCCCCCCCCCCCOC(=O)/C=C/C(=O)OCCCC. The third-order valence-corrected chi connectivity index (χ3v) is 4.09. The summed E-state index contributed by atoms with van der Waals surface area (Å²) in [4.78, 5) is 22.7. The van der Waals surface area contributed by atoms with Gasteiger partial charge in [0.2, 0.25) is 0 Å². The smallest absolute Gasteiger partial charge is 0.331 e. The van der Waals surface area contributed by atoms with Crippen molar-refractivity contribution in [1.82, 2.24) is 0 Å². The zero-order valence-corrected chi connectivity index (χ0v) is 16.4. The monoisotopic (exact) mass is 354 g/mol. The van der Waals surface area contributed by atoms with Gasteiger partial charge in [0.15, 0.2) is 0 Å². The fraction of sp³-hybridized carbons (Fsp3) is 0.810. The molecule has 146 valence electrons. The van der Waals surface area contributed by atoms with Gasteiger partial charge in [0, 0.05) is 12.2 Å². The molecule has 0 aliphatic rings. The second kappa shape index (κ2) is 19.0. The quantitative estimate of drug-likeness (QED) is 0.190. The molecule has 4 nitrogen and oxygen atoms in total. The van der Waals surface area contributed by atoms with Crippen LogP contribution in [0.25, 0.3) is 0 Å². The first-order valence-electron chi connectivity index (χ1n) is 10.2. The standard InChI is InChI=1S/C21H38O4/c1-3-5-7-8-9-10-11-12-13-14-15-19-25-21(23)17-16-20(22)24-18-6-4-2/h16-17H,3-15,18-19H2,1-2H3/b17-16+. The van der Waals surface area contributed by atoms with E-state index in [4.69, 9.17) is 9.47 Å². The normalized spacial score (nSPS) is 11.0. The highest BCUT2D eigenvalue weighted by molar-refractivity contribution is 5.91. The fourth-order valence-electron chi connectivity index (χ4n) is 2.49. The Morgan fingerprint density at radius 2 is 0.920 bits per heavy atom. The van der Waals surface area contributed by atoms with Gasteiger partial charge < -0.3 is 9.47 Å². The van der Waals surface area contributed by atoms with Crippen LogP contribution in [0.15, 0.2) is 12.2 Å². The highest BCUT2D eigenvalue weighted by atomic mass is 16.5. The Balaban J connectivity index is 3.35. The van der Waals surface area contributed by atoms with Gasteiger partial charge in [-0.15, -0.1) is 0 Å². The summed E-state index contributed by atoms with van der Waals surface area (Å²) < 4.78 is 9.98. The molecule has 25 heavy (non-hydrogen) atoms. The minimum atomic E-state index is -0.486. The van der Waals surface area contributed by atoms with Gasteiger partial charge in [-0.3, -0.25) is 0 Å². The van der Waals surface area contributed by atoms with Gasteiger partial charge in [0.05, 0.1) is 13.2 Å². The highest BCUT2D eigenvalue weighted by Crippen LogP contribution is 2.11. The third-order valence-electron chi connectivity index (χ3n) is 4.09. The Morgan fingerprint density at radius 1 is 0.560 bits per heavy atom. The van der Waals surface area contributed by atoms with Crippen LogP contribution in [0.2, 0.25) is 0 Å². The molecular formula is C21H38O4. The van der Waals surface area contributed by atoms with Gasteiger partial charge in [0.1, 0.15) is 0 Å². The maximum atomic E-state index is 11.4. The molecule has 0 spiro atoms. The first-order chi connectivity index (χ1) is 12.2. The maximum Gasteiger partial charge on any atom is 0.331 e. The number of unbranched alkanes of at least 4 members (excludes halogenated alkanes) is 11. The van der Waals surface area contributed by atoms with E-state index in [0.29, 0.717) is 13.2 Å². The molecule has 0 rings (SSSR count). The predicted octanol–water partition coefficient (Wildman–Crippen LogP) is 5.74. The largest absolute Gasteiger partial charge is 0.463 e. The van der Waals surface area contributed by atoms with Gasteiger partial charge in [-0.25, -0.2) is 9.59 Å². The molecule has 0 amide bonds. The molecule has 0 N–H and O–H groups in total. The molecule has 0 heterocycles. The third kappa shape index (κ3) is 18.9. The molecule has 0 aromatic rings. The number of hydrogen-bond donors (Lipinski definition) is 0. The van der Waals surface area contributed by atoms with Crippen LogP contribution in [0.5, 0.6) is 0 Å². The van der Waals surface area contributed by atoms with Crippen LogP contribution in [-0.4, -0.2) is 25.2 Å². The molecule has 0 radical (unpaired) electrons. The Morgan fingerprint density at radius 3 is 1.36 bits per heavy atom. The van der Waals surface area contributed by atoms with E-state index >= 15 is 0 Å². The topological polar surface area (TPSA) is 52.6 Å². The van der Waals surface area contributed by atoms with Crippen molar-refractivity contribution in [2.24, 2.45) is 0 Å². The van der Waals surface area contributed by atoms with Gasteiger partial charge in [0.25, 0.3) is 0 Å². The first-order valence-corrected chi connectivity index (χ1v) is 10.2. The van der Waals surface area contributed by atoms with Crippen molar-refractivity contribution in [2.45, 2.75) is 97.3 Å². The molecule has 0 saturated heterocycles. The molecule has 0 bridgehead atoms. The van der Waals surface area contributed by atoms with Crippen LogP contribution in [-0.2, 0) is 19.1 Å². The molecule has 0 aliphatic carbocycles. The van der Waals surface area contributed by atoms with E-state index in [9.17, 15) is 9.59 Å². The summed E-state index contributed by atoms with van der Waals surface area (Å²) in [6, 6.07) is 0. The summed E-state index contributed by atoms with van der Waals surface area (Å²) in [5.41, 5.74) is 0. The molecular weight excluding hydrogens is 316 g/mol. The van der Waals surface area contributed by atoms with Gasteiger partial charge >= 0.3 is 11.9 Å². The fourth-order valence-corrected chi connectivity index (χ4v) is 2.49. The second-order valence-electron chi connectivity index (χ2n) is 6.56. The number of ether oxygens (including phenoxy) is 2. The zero-order valence-electron chi connectivity index (χ0n) is 16.4. The molecule has 4 heteroatoms. The summed E-state index contributed by atoms with van der Waals surface area (Å²) in [5, 5.41) is 0. The minimum Gasteiger partial charge on any atom is -0.463 e. The van der Waals surface area contributed by atoms with Crippen molar-refractivity contribution in [3.05, 3.63) is 12.2 Å². The van der Waals surface area contributed by atoms with Gasteiger partial charge in [-0.1, -0.05) is 84.5 Å². The Labute approximate surface area is 154 Å². The van der Waals surface area contributed by atoms with Crippen molar-refractivity contribution in [3.8, 4) is 0 Å². The number of esters is 2. The van der Waals surface area contributed by atoms with Crippen molar-refractivity contribution < 1.29 is 19.1 Å². The van der Waals surface area contributed by atoms with Gasteiger partial charge in [-0.05, 0) is 12.8 Å². The number of rotatable bonds is 17. The molecule has 0 unspecified atom stereocenters. The lowest BCUT2D eigenvalue weighted by atomic mass is 10.1. The Bertz CT molecular complexity index is 350. The maximum absolute atomic E-state index is 11.4. The van der Waals surface area contributed by atoms with Crippen LogP contribution in [0.4, 0.5) is 0 Å². The number of hydrogen-bond acceptors (Lipinski definition) is 4. The van der Waals surface area contributed by atoms with Crippen LogP contribution in [0.3, 0.4) is 0 Å². The zero-order chi connectivity index (χ0) is 18.6. The van der Waals surface area contributed by atoms with E-state index in [1.165, 1.54) is 57.8 Å². The number of carbonyl (C=O) groups excluding carboxylic acids is 2. The van der Waals surface area contributed by atoms with E-state index in [0.717, 1.165) is 37.8 Å². The van der Waals surface area contributed by atoms with Crippen molar-refractivity contribution in [1.29, 1.82) is 0 Å². The van der Waals surface area contributed by atoms with Crippen LogP contribution >= 0.6 is 0 Å². The average Bonchev–Trinajstić information content (AvgIpc) is 2.61. The molecule has 0 atom stereocenters. The molecule has 0 aromatic heterocycles. The van der Waals surface area contributed by atoms with E-state index < -0.39 is 11.9 Å². The van der Waals surface area contributed by atoms with Gasteiger partial charge in [-0.2, -0.15) is 0 Å². The van der Waals surface area contributed by atoms with Crippen LogP contribution < -0.4 is 0 Å². The minimum absolute atomic E-state index is 0.396. The lowest BCUT2D eigenvalue weighted by molar-refractivity contribution is -0.140. The molecule has 0 saturated carbocycles. The predicted molar refractivity (Wildman–Crippen MR) is 102 cm³/mol. The van der Waals surface area contributed by atoms with E-state index in [2.05, 4.69) is 6.92 Å². The van der Waals surface area contributed by atoms with E-state index in [1.807, 2.05) is 6.92 Å². The molecule has 0 aliphatic heterocycles. The summed E-state index contributed by atoms with van der Waals surface area (Å²) >= 11 is 0. The van der Waals surface area contributed by atoms with Crippen molar-refractivity contribution >= 4 is 11.9 Å². The van der Waals surface area contributed by atoms with Crippen molar-refractivity contribution in [2.75, 3.05) is 13.2 Å². The number of carbonyl (C=O) groups is 2. The van der Waals surface area contributed by atoms with Crippen LogP contribution in [0, 0.1) is 0 Å². The summed E-state index contributed by atoms with van der Waals surface area (Å²) in [5.74, 6) is -0.959. The lowest BCUT2D eigenvalue weighted by Gasteiger charge is -2.03. The van der Waals surface area contributed by atoms with Crippen molar-refractivity contribution in [3.63, 3.8) is 0 Å². The highest BCUT2D eigenvalue weighted by Gasteiger charge is 2.01.